The van der Waals surface area contributed by atoms with E-state index in [2.05, 4.69) is 15.0 Å². The fourth-order valence-electron chi connectivity index (χ4n) is 4.06. The third-order valence-electron chi connectivity index (χ3n) is 5.43. The van der Waals surface area contributed by atoms with Gasteiger partial charge >= 0.3 is 6.18 Å². The van der Waals surface area contributed by atoms with Crippen molar-refractivity contribution < 1.29 is 22.6 Å². The summed E-state index contributed by atoms with van der Waals surface area (Å²) in [6.45, 7) is 3.73. The lowest BCUT2D eigenvalue weighted by Gasteiger charge is -2.19. The van der Waals surface area contributed by atoms with Crippen LogP contribution in [0.4, 0.5) is 13.2 Å². The average molecular weight is 420 g/mol. The largest absolute Gasteiger partial charge is 0.493 e. The smallest absolute Gasteiger partial charge is 0.433 e. The molecule has 0 aliphatic carbocycles. The van der Waals surface area contributed by atoms with Crippen LogP contribution in [0.15, 0.2) is 30.3 Å². The molecule has 1 aliphatic rings. The van der Waals surface area contributed by atoms with E-state index in [0.29, 0.717) is 36.0 Å². The van der Waals surface area contributed by atoms with Gasteiger partial charge in [-0.25, -0.2) is 9.50 Å². The zero-order chi connectivity index (χ0) is 21.5. The van der Waals surface area contributed by atoms with E-state index in [4.69, 9.17) is 9.47 Å². The second-order valence-corrected chi connectivity index (χ2v) is 7.49. The molecule has 1 saturated heterocycles. The maximum Gasteiger partial charge on any atom is 0.433 e. The molecule has 3 heterocycles. The molecular formula is C21H23F3N4O2. The third-order valence-corrected chi connectivity index (χ3v) is 5.43. The Bertz CT molecular complexity index is 1060. The van der Waals surface area contributed by atoms with Gasteiger partial charge in [0.15, 0.2) is 17.1 Å². The second-order valence-electron chi connectivity index (χ2n) is 7.49. The van der Waals surface area contributed by atoms with E-state index in [9.17, 15) is 13.2 Å². The lowest BCUT2D eigenvalue weighted by Crippen LogP contribution is -2.20. The van der Waals surface area contributed by atoms with E-state index < -0.39 is 11.9 Å². The number of rotatable bonds is 5. The minimum absolute atomic E-state index is 0.0460. The molecule has 4 rings (SSSR count). The van der Waals surface area contributed by atoms with Crippen molar-refractivity contribution >= 4 is 5.65 Å². The molecule has 1 aliphatic heterocycles. The summed E-state index contributed by atoms with van der Waals surface area (Å²) in [7, 11) is 3.21. The maximum atomic E-state index is 13.4. The van der Waals surface area contributed by atoms with Gasteiger partial charge in [-0.1, -0.05) is 12.1 Å². The monoisotopic (exact) mass is 420 g/mol. The number of para-hydroxylation sites is 1. The Hall–Kier alpha value is -2.81. The number of hydrogen-bond acceptors (Lipinski definition) is 5. The Morgan fingerprint density at radius 3 is 2.67 bits per heavy atom. The molecule has 0 unspecified atom stereocenters. The van der Waals surface area contributed by atoms with Crippen molar-refractivity contribution in [3.8, 4) is 11.5 Å². The normalized spacial score (nSPS) is 17.6. The van der Waals surface area contributed by atoms with Gasteiger partial charge in [0.25, 0.3) is 0 Å². The highest BCUT2D eigenvalue weighted by atomic mass is 19.4. The molecule has 0 saturated carbocycles. The Morgan fingerprint density at radius 2 is 1.97 bits per heavy atom. The SMILES string of the molecule is COc1cccc(CN2CC[C@H](c3cc4nc(C)cc(C(F)(F)F)n4n3)C2)c1OC. The Kier molecular flexibility index (Phi) is 5.31. The topological polar surface area (TPSA) is 51.9 Å². The number of halogens is 3. The summed E-state index contributed by atoms with van der Waals surface area (Å²) in [4.78, 5) is 6.47. The minimum atomic E-state index is -4.49. The van der Waals surface area contributed by atoms with Crippen molar-refractivity contribution in [1.29, 1.82) is 0 Å². The van der Waals surface area contributed by atoms with Crippen molar-refractivity contribution in [2.75, 3.05) is 27.3 Å². The number of ether oxygens (including phenoxy) is 2. The van der Waals surface area contributed by atoms with Crippen molar-refractivity contribution in [1.82, 2.24) is 19.5 Å². The van der Waals surface area contributed by atoms with Crippen LogP contribution in [0.25, 0.3) is 5.65 Å². The molecule has 0 N–H and O–H groups in total. The maximum absolute atomic E-state index is 13.4. The molecule has 1 fully saturated rings. The lowest BCUT2D eigenvalue weighted by atomic mass is 10.1. The van der Waals surface area contributed by atoms with Gasteiger partial charge in [0.05, 0.1) is 19.9 Å². The molecule has 3 aromatic rings. The van der Waals surface area contributed by atoms with Gasteiger partial charge in [-0.15, -0.1) is 0 Å². The third kappa shape index (κ3) is 3.81. The number of aromatic nitrogens is 3. The van der Waals surface area contributed by atoms with Gasteiger partial charge in [0.1, 0.15) is 5.69 Å². The first kappa shape index (κ1) is 20.5. The zero-order valence-corrected chi connectivity index (χ0v) is 17.0. The minimum Gasteiger partial charge on any atom is -0.493 e. The van der Waals surface area contributed by atoms with Gasteiger partial charge in [-0.2, -0.15) is 18.3 Å². The first-order valence-electron chi connectivity index (χ1n) is 9.67. The Balaban J connectivity index is 1.56. The van der Waals surface area contributed by atoms with Crippen LogP contribution >= 0.6 is 0 Å². The van der Waals surface area contributed by atoms with Crippen LogP contribution in [0.1, 0.15) is 35.0 Å². The first-order chi connectivity index (χ1) is 14.3. The highest BCUT2D eigenvalue weighted by molar-refractivity contribution is 5.47. The predicted molar refractivity (Wildman–Crippen MR) is 105 cm³/mol. The molecule has 0 amide bonds. The molecule has 6 nitrogen and oxygen atoms in total. The van der Waals surface area contributed by atoms with E-state index in [1.807, 2.05) is 18.2 Å². The van der Waals surface area contributed by atoms with Crippen molar-refractivity contribution in [3.05, 3.63) is 53.0 Å². The van der Waals surface area contributed by atoms with E-state index in [-0.39, 0.29) is 11.6 Å². The molecule has 30 heavy (non-hydrogen) atoms. The van der Waals surface area contributed by atoms with E-state index in [1.165, 1.54) is 0 Å². The quantitative estimate of drug-likeness (QED) is 0.623. The fourth-order valence-corrected chi connectivity index (χ4v) is 4.06. The Labute approximate surface area is 172 Å². The van der Waals surface area contributed by atoms with Crippen LogP contribution in [0, 0.1) is 6.92 Å². The summed E-state index contributed by atoms with van der Waals surface area (Å²) in [5.74, 6) is 1.42. The molecule has 2 aromatic heterocycles. The van der Waals surface area contributed by atoms with Gasteiger partial charge in [-0.05, 0) is 32.0 Å². The number of nitrogens with zero attached hydrogens (tertiary/aromatic N) is 4. The number of likely N-dealkylation sites (tertiary alicyclic amines) is 1. The predicted octanol–water partition coefficient (Wildman–Crippen LogP) is 4.06. The first-order valence-corrected chi connectivity index (χ1v) is 9.67. The molecular weight excluding hydrogens is 397 g/mol. The molecule has 9 heteroatoms. The van der Waals surface area contributed by atoms with Crippen LogP contribution < -0.4 is 9.47 Å². The molecule has 1 atom stereocenters. The van der Waals surface area contributed by atoms with Gasteiger partial charge < -0.3 is 9.47 Å². The van der Waals surface area contributed by atoms with Gasteiger partial charge in [0, 0.05) is 36.3 Å². The van der Waals surface area contributed by atoms with Crippen molar-refractivity contribution in [3.63, 3.8) is 0 Å². The molecule has 160 valence electrons. The number of hydrogen-bond donors (Lipinski definition) is 0. The lowest BCUT2D eigenvalue weighted by molar-refractivity contribution is -0.142. The van der Waals surface area contributed by atoms with Crippen LogP contribution in [0.5, 0.6) is 11.5 Å². The second kappa shape index (κ2) is 7.79. The zero-order valence-electron chi connectivity index (χ0n) is 17.0. The van der Waals surface area contributed by atoms with Gasteiger partial charge in [0.2, 0.25) is 0 Å². The van der Waals surface area contributed by atoms with E-state index >= 15 is 0 Å². The number of fused-ring (bicyclic) bond motifs is 1. The molecule has 1 aromatic carbocycles. The van der Waals surface area contributed by atoms with Crippen molar-refractivity contribution in [2.24, 2.45) is 0 Å². The summed E-state index contributed by atoms with van der Waals surface area (Å²) in [5.41, 5.74) is 1.39. The molecule has 0 radical (unpaired) electrons. The van der Waals surface area contributed by atoms with Crippen LogP contribution in [-0.4, -0.2) is 46.8 Å². The summed E-state index contributed by atoms with van der Waals surface area (Å²) in [5, 5.41) is 4.27. The van der Waals surface area contributed by atoms with Crippen LogP contribution in [0.3, 0.4) is 0 Å². The number of alkyl halides is 3. The number of aryl methyl sites for hydroxylation is 1. The van der Waals surface area contributed by atoms with Crippen LogP contribution in [0.2, 0.25) is 0 Å². The molecule has 0 spiro atoms. The average Bonchev–Trinajstić information content (AvgIpc) is 3.33. The summed E-state index contributed by atoms with van der Waals surface area (Å²) in [6, 6.07) is 8.45. The summed E-state index contributed by atoms with van der Waals surface area (Å²) in [6.07, 6.45) is -3.67. The number of methoxy groups -OCH3 is 2. The van der Waals surface area contributed by atoms with Crippen molar-refractivity contribution in [2.45, 2.75) is 32.0 Å². The number of benzene rings is 1. The van der Waals surface area contributed by atoms with E-state index in [0.717, 1.165) is 29.1 Å². The highest BCUT2D eigenvalue weighted by Crippen LogP contribution is 2.35. The highest BCUT2D eigenvalue weighted by Gasteiger charge is 2.35. The van der Waals surface area contributed by atoms with Gasteiger partial charge in [-0.3, -0.25) is 4.90 Å². The van der Waals surface area contributed by atoms with Crippen LogP contribution in [-0.2, 0) is 12.7 Å². The molecule has 0 bridgehead atoms. The summed E-state index contributed by atoms with van der Waals surface area (Å²) >= 11 is 0. The fraction of sp³-hybridized carbons (Fsp3) is 0.429. The standard InChI is InChI=1S/C21H23F3N4O2/c1-13-9-18(21(22,23)24)28-19(25-13)10-16(26-28)14-7-8-27(11-14)12-15-5-4-6-17(29-2)20(15)30-3/h4-6,9-10,14H,7-8,11-12H2,1-3H3/t14-/m0/s1. The Morgan fingerprint density at radius 1 is 1.17 bits per heavy atom. The van der Waals surface area contributed by atoms with E-state index in [1.54, 1.807) is 27.2 Å². The summed E-state index contributed by atoms with van der Waals surface area (Å²) < 4.78 is 52.0.